The van der Waals surface area contributed by atoms with E-state index < -0.39 is 24.0 Å². The molecule has 0 radical (unpaired) electrons. The summed E-state index contributed by atoms with van der Waals surface area (Å²) in [5.74, 6) is -1.78. The van der Waals surface area contributed by atoms with E-state index in [1.165, 1.54) is 11.2 Å². The summed E-state index contributed by atoms with van der Waals surface area (Å²) in [5.41, 5.74) is 3.24. The number of rotatable bonds is 3. The minimum Gasteiger partial charge on any atom is -0.480 e. The molecule has 3 N–H and O–H groups in total. The molecule has 0 fully saturated rings. The van der Waals surface area contributed by atoms with Crippen LogP contribution in [-0.2, 0) is 16.0 Å². The summed E-state index contributed by atoms with van der Waals surface area (Å²) in [7, 11) is 0. The van der Waals surface area contributed by atoms with Crippen LogP contribution in [0.3, 0.4) is 0 Å². The highest BCUT2D eigenvalue weighted by Gasteiger charge is 2.43. The maximum Gasteiger partial charge on any atom is 0.326 e. The van der Waals surface area contributed by atoms with Crippen molar-refractivity contribution < 1.29 is 14.7 Å². The normalized spacial score (nSPS) is 19.8. The van der Waals surface area contributed by atoms with Crippen LogP contribution in [0.2, 0.25) is 0 Å². The fourth-order valence-corrected chi connectivity index (χ4v) is 3.74. The van der Waals surface area contributed by atoms with Gasteiger partial charge in [0, 0.05) is 23.0 Å². The third kappa shape index (κ3) is 2.39. The molecular weight excluding hydrogens is 344 g/mol. The van der Waals surface area contributed by atoms with Crippen LogP contribution in [-0.4, -0.2) is 48.8 Å². The van der Waals surface area contributed by atoms with E-state index in [9.17, 15) is 14.7 Å². The van der Waals surface area contributed by atoms with Crippen LogP contribution >= 0.6 is 11.6 Å². The molecule has 1 aliphatic rings. The first-order valence-corrected chi connectivity index (χ1v) is 8.33. The Labute approximate surface area is 147 Å². The number of halogens is 1. The highest BCUT2D eigenvalue weighted by atomic mass is 35.5. The third-order valence-electron chi connectivity index (χ3n) is 4.63. The largest absolute Gasteiger partial charge is 0.480 e. The molecule has 4 rings (SSSR count). The molecule has 0 spiro atoms. The smallest absolute Gasteiger partial charge is 0.326 e. The molecule has 0 aliphatic carbocycles. The number of aromatic amines is 2. The maximum atomic E-state index is 12.5. The summed E-state index contributed by atoms with van der Waals surface area (Å²) in [4.78, 5) is 36.1. The van der Waals surface area contributed by atoms with Gasteiger partial charge >= 0.3 is 5.97 Å². The third-order valence-corrected chi connectivity index (χ3v) is 4.86. The van der Waals surface area contributed by atoms with Gasteiger partial charge in [0.25, 0.3) is 0 Å². The Morgan fingerprint density at radius 3 is 2.84 bits per heavy atom. The molecule has 1 aromatic carbocycles. The minimum absolute atomic E-state index is 0.224. The van der Waals surface area contributed by atoms with Crippen molar-refractivity contribution in [2.75, 3.05) is 5.88 Å². The van der Waals surface area contributed by atoms with Gasteiger partial charge in [-0.2, -0.15) is 0 Å². The summed E-state index contributed by atoms with van der Waals surface area (Å²) < 4.78 is 0. The summed E-state index contributed by atoms with van der Waals surface area (Å²) in [6.07, 6.45) is 3.33. The van der Waals surface area contributed by atoms with Crippen molar-refractivity contribution in [1.82, 2.24) is 19.9 Å². The van der Waals surface area contributed by atoms with Gasteiger partial charge in [0.2, 0.25) is 5.91 Å². The summed E-state index contributed by atoms with van der Waals surface area (Å²) in [5, 5.41) is 10.7. The number of aliphatic carboxylic acids is 1. The van der Waals surface area contributed by atoms with E-state index in [1.807, 2.05) is 24.3 Å². The van der Waals surface area contributed by atoms with E-state index in [-0.39, 0.29) is 12.3 Å². The predicted molar refractivity (Wildman–Crippen MR) is 91.4 cm³/mol. The number of hydrogen-bond donors (Lipinski definition) is 3. The number of fused-ring (bicyclic) bond motifs is 3. The standard InChI is InChI=1S/C17H15ClN4O3/c18-6-14(23)22-13(17(24)25)5-10-9-3-1-2-4-11(9)21-15(10)16(22)12-7-19-8-20-12/h1-4,7-8,13,16,21H,5-6H2,(H,19,20)(H,24,25)/t13-,16?/m0/s1. The molecule has 3 heterocycles. The van der Waals surface area contributed by atoms with Crippen LogP contribution in [0.1, 0.15) is 23.0 Å². The fourth-order valence-electron chi connectivity index (χ4n) is 3.60. The lowest BCUT2D eigenvalue weighted by molar-refractivity contribution is -0.151. The van der Waals surface area contributed by atoms with Crippen molar-refractivity contribution in [3.05, 3.63) is 53.7 Å². The number of nitrogens with one attached hydrogen (secondary N) is 2. The average molecular weight is 359 g/mol. The molecular formula is C17H15ClN4O3. The van der Waals surface area contributed by atoms with Gasteiger partial charge < -0.3 is 20.0 Å². The number of aromatic nitrogens is 3. The number of carboxylic acids is 1. The van der Waals surface area contributed by atoms with Gasteiger partial charge in [-0.15, -0.1) is 11.6 Å². The topological polar surface area (TPSA) is 102 Å². The van der Waals surface area contributed by atoms with Crippen LogP contribution in [0, 0.1) is 0 Å². The first-order valence-electron chi connectivity index (χ1n) is 7.79. The van der Waals surface area contributed by atoms with Gasteiger partial charge in [0.15, 0.2) is 0 Å². The number of hydrogen-bond acceptors (Lipinski definition) is 3. The Hall–Kier alpha value is -2.80. The monoisotopic (exact) mass is 358 g/mol. The molecule has 2 atom stereocenters. The molecule has 7 nitrogen and oxygen atoms in total. The van der Waals surface area contributed by atoms with Gasteiger partial charge in [0.1, 0.15) is 18.0 Å². The van der Waals surface area contributed by atoms with Gasteiger partial charge in [-0.25, -0.2) is 9.78 Å². The van der Waals surface area contributed by atoms with Crippen LogP contribution in [0.25, 0.3) is 10.9 Å². The zero-order valence-corrected chi connectivity index (χ0v) is 13.8. The number of alkyl halides is 1. The quantitative estimate of drug-likeness (QED) is 0.623. The number of carbonyl (C=O) groups excluding carboxylic acids is 1. The summed E-state index contributed by atoms with van der Waals surface area (Å²) in [6.45, 7) is 0. The van der Waals surface area contributed by atoms with Gasteiger partial charge in [-0.3, -0.25) is 4.79 Å². The van der Waals surface area contributed by atoms with Gasteiger partial charge in [-0.1, -0.05) is 18.2 Å². The molecule has 1 unspecified atom stereocenters. The Balaban J connectivity index is 1.98. The first-order chi connectivity index (χ1) is 12.1. The second-order valence-corrected chi connectivity index (χ2v) is 6.23. The fraction of sp³-hybridized carbons (Fsp3) is 0.235. The van der Waals surface area contributed by atoms with E-state index in [1.54, 1.807) is 6.20 Å². The van der Waals surface area contributed by atoms with E-state index in [0.29, 0.717) is 5.69 Å². The Bertz CT molecular complexity index is 950. The van der Waals surface area contributed by atoms with E-state index >= 15 is 0 Å². The molecule has 1 aliphatic heterocycles. The predicted octanol–water partition coefficient (Wildman–Crippen LogP) is 2.06. The lowest BCUT2D eigenvalue weighted by Crippen LogP contribution is -2.52. The molecule has 1 amide bonds. The van der Waals surface area contributed by atoms with Crippen LogP contribution < -0.4 is 0 Å². The molecule has 2 aromatic heterocycles. The molecule has 0 bridgehead atoms. The SMILES string of the molecule is O=C(O)[C@@H]1Cc2c([nH]c3ccccc23)C(c2cnc[nH]2)N1C(=O)CCl. The summed E-state index contributed by atoms with van der Waals surface area (Å²) >= 11 is 5.77. The minimum atomic E-state index is -1.06. The van der Waals surface area contributed by atoms with Crippen molar-refractivity contribution in [2.45, 2.75) is 18.5 Å². The van der Waals surface area contributed by atoms with Gasteiger partial charge in [0.05, 0.1) is 18.2 Å². The van der Waals surface area contributed by atoms with Crippen molar-refractivity contribution in [1.29, 1.82) is 0 Å². The Morgan fingerprint density at radius 1 is 1.36 bits per heavy atom. The number of H-pyrrole nitrogens is 2. The lowest BCUT2D eigenvalue weighted by atomic mass is 9.90. The molecule has 0 saturated heterocycles. The number of nitrogens with zero attached hydrogens (tertiary/aromatic N) is 2. The Kier molecular flexibility index (Phi) is 3.73. The summed E-state index contributed by atoms with van der Waals surface area (Å²) in [6, 6.07) is 6.10. The van der Waals surface area contributed by atoms with E-state index in [4.69, 9.17) is 11.6 Å². The van der Waals surface area contributed by atoms with Gasteiger partial charge in [-0.05, 0) is 11.6 Å². The van der Waals surface area contributed by atoms with Crippen LogP contribution in [0.5, 0.6) is 0 Å². The molecule has 25 heavy (non-hydrogen) atoms. The van der Waals surface area contributed by atoms with E-state index in [0.717, 1.165) is 22.2 Å². The zero-order valence-electron chi connectivity index (χ0n) is 13.1. The second kappa shape index (κ2) is 5.93. The van der Waals surface area contributed by atoms with Crippen molar-refractivity contribution >= 4 is 34.4 Å². The molecule has 8 heteroatoms. The number of benzene rings is 1. The molecule has 128 valence electrons. The zero-order chi connectivity index (χ0) is 17.6. The van der Waals surface area contributed by atoms with Crippen molar-refractivity contribution in [3.63, 3.8) is 0 Å². The average Bonchev–Trinajstić information content (AvgIpc) is 3.26. The molecule has 0 saturated carbocycles. The number of amides is 1. The van der Waals surface area contributed by atoms with Crippen molar-refractivity contribution in [2.24, 2.45) is 0 Å². The number of para-hydroxylation sites is 1. The highest BCUT2D eigenvalue weighted by Crippen LogP contribution is 2.40. The lowest BCUT2D eigenvalue weighted by Gasteiger charge is -2.39. The number of imidazole rings is 1. The number of carboxylic acid groups (broad SMARTS) is 1. The molecule has 3 aromatic rings. The maximum absolute atomic E-state index is 12.5. The van der Waals surface area contributed by atoms with Crippen LogP contribution in [0.15, 0.2) is 36.8 Å². The van der Waals surface area contributed by atoms with E-state index in [2.05, 4.69) is 15.0 Å². The number of carbonyl (C=O) groups is 2. The highest BCUT2D eigenvalue weighted by molar-refractivity contribution is 6.27. The van der Waals surface area contributed by atoms with Crippen molar-refractivity contribution in [3.8, 4) is 0 Å². The Morgan fingerprint density at radius 2 is 2.16 bits per heavy atom. The van der Waals surface area contributed by atoms with Crippen LogP contribution in [0.4, 0.5) is 0 Å². The second-order valence-electron chi connectivity index (χ2n) is 5.97. The first kappa shape index (κ1) is 15.7.